The molecule has 9 heteroatoms. The van der Waals surface area contributed by atoms with Crippen LogP contribution in [0.3, 0.4) is 0 Å². The third kappa shape index (κ3) is 4.46. The number of hydrogen-bond donors (Lipinski definition) is 1. The molecule has 2 heterocycles. The average molecular weight is 435 g/mol. The maximum Gasteiger partial charge on any atom is 0.257 e. The van der Waals surface area contributed by atoms with Crippen molar-refractivity contribution in [3.8, 4) is 11.7 Å². The van der Waals surface area contributed by atoms with Gasteiger partial charge in [-0.15, -0.1) is 10.2 Å². The summed E-state index contributed by atoms with van der Waals surface area (Å²) in [5.41, 5.74) is 2.80. The molecular weight excluding hydrogens is 408 g/mol. The van der Waals surface area contributed by atoms with E-state index in [2.05, 4.69) is 20.6 Å². The van der Waals surface area contributed by atoms with Gasteiger partial charge in [0.15, 0.2) is 5.82 Å². The van der Waals surface area contributed by atoms with Crippen molar-refractivity contribution < 1.29 is 14.3 Å². The Balaban J connectivity index is 1.53. The Labute approximate surface area is 186 Å². The van der Waals surface area contributed by atoms with Crippen molar-refractivity contribution >= 4 is 11.8 Å². The van der Waals surface area contributed by atoms with Gasteiger partial charge < -0.3 is 15.0 Å². The molecule has 0 bridgehead atoms. The van der Waals surface area contributed by atoms with E-state index in [0.29, 0.717) is 41.7 Å². The minimum atomic E-state index is -0.132. The number of rotatable bonds is 8. The first kappa shape index (κ1) is 21.5. The van der Waals surface area contributed by atoms with Crippen molar-refractivity contribution in [2.45, 2.75) is 39.3 Å². The van der Waals surface area contributed by atoms with Gasteiger partial charge in [0.25, 0.3) is 11.8 Å². The average Bonchev–Trinajstić information content (AvgIpc) is 3.59. The largest absolute Gasteiger partial charge is 0.477 e. The van der Waals surface area contributed by atoms with E-state index in [4.69, 9.17) is 4.74 Å². The third-order valence-electron chi connectivity index (χ3n) is 5.42. The second kappa shape index (κ2) is 9.17. The summed E-state index contributed by atoms with van der Waals surface area (Å²) in [5.74, 6) is 0.769. The van der Waals surface area contributed by atoms with Crippen molar-refractivity contribution in [3.63, 3.8) is 0 Å². The lowest BCUT2D eigenvalue weighted by Gasteiger charge is -2.22. The number of nitrogens with zero attached hydrogens (tertiary/aromatic N) is 5. The van der Waals surface area contributed by atoms with E-state index in [-0.39, 0.29) is 17.9 Å². The van der Waals surface area contributed by atoms with E-state index >= 15 is 0 Å². The van der Waals surface area contributed by atoms with Gasteiger partial charge in [0.05, 0.1) is 24.1 Å². The number of nitrogens with one attached hydrogen (secondary N) is 1. The summed E-state index contributed by atoms with van der Waals surface area (Å²) in [5, 5.41) is 15.2. The predicted molar refractivity (Wildman–Crippen MR) is 118 cm³/mol. The van der Waals surface area contributed by atoms with Crippen molar-refractivity contribution in [1.82, 2.24) is 30.2 Å². The van der Waals surface area contributed by atoms with E-state index in [9.17, 15) is 9.59 Å². The van der Waals surface area contributed by atoms with Crippen LogP contribution in [-0.2, 0) is 6.54 Å². The number of aromatic nitrogens is 4. The first-order valence-corrected chi connectivity index (χ1v) is 10.6. The van der Waals surface area contributed by atoms with Crippen LogP contribution in [0.2, 0.25) is 0 Å². The Morgan fingerprint density at radius 1 is 1.16 bits per heavy atom. The summed E-state index contributed by atoms with van der Waals surface area (Å²) in [4.78, 5) is 27.1. The van der Waals surface area contributed by atoms with Crippen LogP contribution in [0, 0.1) is 6.92 Å². The second-order valence-electron chi connectivity index (χ2n) is 7.66. The standard InChI is InChI=1S/C23H26N6O3/c1-4-32-21-12-11-20(26-27-21)29-15(2)19(13-25-29)23(31)28(18-9-10-18)14-16-5-7-17(8-6-16)22(30)24-3/h5-8,11-13,18H,4,9-10,14H2,1-3H3,(H,24,30). The zero-order valence-electron chi connectivity index (χ0n) is 18.4. The van der Waals surface area contributed by atoms with Crippen LogP contribution < -0.4 is 10.1 Å². The topological polar surface area (TPSA) is 102 Å². The molecule has 1 fully saturated rings. The maximum atomic E-state index is 13.4. The molecule has 2 aromatic heterocycles. The van der Waals surface area contributed by atoms with Crippen molar-refractivity contribution in [2.75, 3.05) is 13.7 Å². The van der Waals surface area contributed by atoms with Gasteiger partial charge >= 0.3 is 0 Å². The number of carbonyl (C=O) groups is 2. The highest BCUT2D eigenvalue weighted by molar-refractivity contribution is 5.96. The molecule has 9 nitrogen and oxygen atoms in total. The fraction of sp³-hybridized carbons (Fsp3) is 0.348. The molecule has 0 radical (unpaired) electrons. The van der Waals surface area contributed by atoms with Crippen LogP contribution >= 0.6 is 0 Å². The van der Waals surface area contributed by atoms with Gasteiger partial charge in [-0.25, -0.2) is 4.68 Å². The van der Waals surface area contributed by atoms with Crippen LogP contribution in [0.4, 0.5) is 0 Å². The highest BCUT2D eigenvalue weighted by atomic mass is 16.5. The highest BCUT2D eigenvalue weighted by Crippen LogP contribution is 2.30. The third-order valence-corrected chi connectivity index (χ3v) is 5.42. The van der Waals surface area contributed by atoms with Gasteiger partial charge in [-0.3, -0.25) is 9.59 Å². The van der Waals surface area contributed by atoms with Crippen LogP contribution in [0.15, 0.2) is 42.6 Å². The molecule has 0 unspecified atom stereocenters. The molecule has 1 N–H and O–H groups in total. The molecule has 0 aliphatic heterocycles. The molecule has 4 rings (SSSR count). The van der Waals surface area contributed by atoms with E-state index in [1.165, 1.54) is 0 Å². The second-order valence-corrected chi connectivity index (χ2v) is 7.66. The Morgan fingerprint density at radius 3 is 2.50 bits per heavy atom. The van der Waals surface area contributed by atoms with E-state index in [1.54, 1.807) is 42.2 Å². The molecule has 0 atom stereocenters. The Bertz CT molecular complexity index is 1100. The minimum Gasteiger partial charge on any atom is -0.477 e. The van der Waals surface area contributed by atoms with Crippen molar-refractivity contribution in [3.05, 3.63) is 65.0 Å². The lowest BCUT2D eigenvalue weighted by molar-refractivity contribution is 0.0728. The molecule has 1 aromatic carbocycles. The summed E-state index contributed by atoms with van der Waals surface area (Å²) >= 11 is 0. The maximum absolute atomic E-state index is 13.4. The predicted octanol–water partition coefficient (Wildman–Crippen LogP) is 2.53. The Hall–Kier alpha value is -3.75. The first-order chi connectivity index (χ1) is 15.5. The number of hydrogen-bond acceptors (Lipinski definition) is 6. The molecule has 1 saturated carbocycles. The van der Waals surface area contributed by atoms with E-state index in [0.717, 1.165) is 18.4 Å². The fourth-order valence-electron chi connectivity index (χ4n) is 3.51. The first-order valence-electron chi connectivity index (χ1n) is 10.6. The molecule has 3 aromatic rings. The molecule has 1 aliphatic carbocycles. The van der Waals surface area contributed by atoms with Gasteiger partial charge in [0, 0.05) is 31.3 Å². The Kier molecular flexibility index (Phi) is 6.16. The molecule has 2 amide bonds. The van der Waals surface area contributed by atoms with Crippen LogP contribution in [0.1, 0.15) is 51.7 Å². The van der Waals surface area contributed by atoms with Crippen molar-refractivity contribution in [2.24, 2.45) is 0 Å². The summed E-state index contributed by atoms with van der Waals surface area (Å²) in [6.07, 6.45) is 3.55. The SMILES string of the molecule is CCOc1ccc(-n2ncc(C(=O)N(Cc3ccc(C(=O)NC)cc3)C3CC3)c2C)nn1. The molecule has 32 heavy (non-hydrogen) atoms. The molecule has 166 valence electrons. The summed E-state index contributed by atoms with van der Waals surface area (Å²) in [7, 11) is 1.60. The van der Waals surface area contributed by atoms with Crippen LogP contribution in [-0.4, -0.2) is 56.4 Å². The quantitative estimate of drug-likeness (QED) is 0.585. The van der Waals surface area contributed by atoms with Gasteiger partial charge in [-0.05, 0) is 50.5 Å². The number of benzene rings is 1. The molecule has 1 aliphatic rings. The van der Waals surface area contributed by atoms with Crippen LogP contribution in [0.25, 0.3) is 5.82 Å². The lowest BCUT2D eigenvalue weighted by atomic mass is 10.1. The number of carbonyl (C=O) groups excluding carboxylic acids is 2. The monoisotopic (exact) mass is 434 g/mol. The van der Waals surface area contributed by atoms with Crippen molar-refractivity contribution in [1.29, 1.82) is 0 Å². The normalized spacial score (nSPS) is 13.0. The summed E-state index contributed by atoms with van der Waals surface area (Å²) in [6.45, 7) is 4.72. The van der Waals surface area contributed by atoms with E-state index in [1.807, 2.05) is 30.9 Å². The van der Waals surface area contributed by atoms with Gasteiger partial charge in [-0.1, -0.05) is 12.1 Å². The molecule has 0 spiro atoms. The molecule has 0 saturated heterocycles. The van der Waals surface area contributed by atoms with Gasteiger partial charge in [-0.2, -0.15) is 5.10 Å². The summed E-state index contributed by atoms with van der Waals surface area (Å²) < 4.78 is 6.94. The lowest BCUT2D eigenvalue weighted by Crippen LogP contribution is -2.33. The van der Waals surface area contributed by atoms with Gasteiger partial charge in [0.2, 0.25) is 5.88 Å². The smallest absolute Gasteiger partial charge is 0.257 e. The zero-order valence-corrected chi connectivity index (χ0v) is 18.4. The number of amides is 2. The summed E-state index contributed by atoms with van der Waals surface area (Å²) in [6, 6.07) is 11.0. The highest BCUT2D eigenvalue weighted by Gasteiger charge is 2.34. The minimum absolute atomic E-state index is 0.0643. The Morgan fingerprint density at radius 2 is 1.91 bits per heavy atom. The van der Waals surface area contributed by atoms with Gasteiger partial charge in [0.1, 0.15) is 0 Å². The number of ether oxygens (including phenoxy) is 1. The van der Waals surface area contributed by atoms with Crippen LogP contribution in [0.5, 0.6) is 5.88 Å². The molecular formula is C23H26N6O3. The fourth-order valence-corrected chi connectivity index (χ4v) is 3.51. The van der Waals surface area contributed by atoms with E-state index < -0.39 is 0 Å². The zero-order chi connectivity index (χ0) is 22.7.